The SMILES string of the molecule is CCN(CC)c1nc2c(C)cccn2c(=O)c1/C=C1\SC(=S)N(Cc2ccc3c(c2)OCO3)C1=O. The van der Waals surface area contributed by atoms with Crippen molar-refractivity contribution in [2.45, 2.75) is 27.3 Å². The number of amides is 1. The molecule has 0 saturated carbocycles. The lowest BCUT2D eigenvalue weighted by atomic mass is 10.2. The summed E-state index contributed by atoms with van der Waals surface area (Å²) in [5.74, 6) is 1.66. The van der Waals surface area contributed by atoms with Crippen LogP contribution in [-0.4, -0.2) is 44.4 Å². The van der Waals surface area contributed by atoms with Crippen LogP contribution in [0.1, 0.15) is 30.5 Å². The molecular weight excluding hydrogens is 484 g/mol. The van der Waals surface area contributed by atoms with Crippen molar-refractivity contribution < 1.29 is 14.3 Å². The highest BCUT2D eigenvalue weighted by molar-refractivity contribution is 8.26. The van der Waals surface area contributed by atoms with Gasteiger partial charge in [-0.3, -0.25) is 18.9 Å². The van der Waals surface area contributed by atoms with E-state index in [0.717, 1.165) is 11.1 Å². The number of ether oxygens (including phenoxy) is 2. The maximum atomic E-state index is 13.6. The summed E-state index contributed by atoms with van der Waals surface area (Å²) in [5, 5.41) is 0. The van der Waals surface area contributed by atoms with Gasteiger partial charge in [0.15, 0.2) is 11.5 Å². The van der Waals surface area contributed by atoms with Crippen LogP contribution in [0.4, 0.5) is 5.82 Å². The molecule has 0 N–H and O–H groups in total. The van der Waals surface area contributed by atoms with E-state index in [1.807, 2.05) is 56.0 Å². The standard InChI is InChI=1S/C25H24N4O4S2/c1-4-27(5-2)22-17(23(30)28-10-6-7-15(3)21(28)26-22)12-20-24(31)29(25(34)35-20)13-16-8-9-18-19(11-16)33-14-32-18/h6-12H,4-5,13-14H2,1-3H3/b20-12-. The van der Waals surface area contributed by atoms with Crippen molar-refractivity contribution >= 4 is 51.7 Å². The van der Waals surface area contributed by atoms with Crippen LogP contribution < -0.4 is 19.9 Å². The van der Waals surface area contributed by atoms with E-state index in [2.05, 4.69) is 0 Å². The van der Waals surface area contributed by atoms with Crippen molar-refractivity contribution in [3.8, 4) is 11.5 Å². The topological polar surface area (TPSA) is 76.4 Å². The summed E-state index contributed by atoms with van der Waals surface area (Å²) in [4.78, 5) is 35.7. The zero-order chi connectivity index (χ0) is 24.7. The molecule has 0 spiro atoms. The number of hydrogen-bond donors (Lipinski definition) is 0. The molecular formula is C25H24N4O4S2. The quantitative estimate of drug-likeness (QED) is 0.366. The number of carbonyl (C=O) groups excluding carboxylic acids is 1. The maximum Gasteiger partial charge on any atom is 0.267 e. The van der Waals surface area contributed by atoms with Crippen LogP contribution in [0.5, 0.6) is 11.5 Å². The zero-order valence-corrected chi connectivity index (χ0v) is 21.2. The van der Waals surface area contributed by atoms with E-state index in [4.69, 9.17) is 26.7 Å². The Kier molecular flexibility index (Phi) is 6.24. The van der Waals surface area contributed by atoms with Gasteiger partial charge in [0.1, 0.15) is 15.8 Å². The highest BCUT2D eigenvalue weighted by Crippen LogP contribution is 2.37. The molecule has 8 nitrogen and oxygen atoms in total. The van der Waals surface area contributed by atoms with Gasteiger partial charge in [-0.15, -0.1) is 0 Å². The Balaban J connectivity index is 1.54. The third-order valence-electron chi connectivity index (χ3n) is 6.05. The van der Waals surface area contributed by atoms with E-state index in [9.17, 15) is 9.59 Å². The van der Waals surface area contributed by atoms with Crippen LogP contribution in [0.3, 0.4) is 0 Å². The van der Waals surface area contributed by atoms with Gasteiger partial charge in [-0.2, -0.15) is 0 Å². The van der Waals surface area contributed by atoms with Gasteiger partial charge < -0.3 is 14.4 Å². The van der Waals surface area contributed by atoms with Crippen LogP contribution in [0.2, 0.25) is 0 Å². The fourth-order valence-electron chi connectivity index (χ4n) is 4.18. The predicted octanol–water partition coefficient (Wildman–Crippen LogP) is 3.98. The smallest absolute Gasteiger partial charge is 0.267 e. The van der Waals surface area contributed by atoms with Gasteiger partial charge >= 0.3 is 0 Å². The van der Waals surface area contributed by atoms with Gasteiger partial charge in [-0.25, -0.2) is 4.98 Å². The van der Waals surface area contributed by atoms with E-state index in [1.165, 1.54) is 21.1 Å². The first-order valence-corrected chi connectivity index (χ1v) is 12.5. The number of benzene rings is 1. The van der Waals surface area contributed by atoms with Gasteiger partial charge in [0.25, 0.3) is 11.5 Å². The highest BCUT2D eigenvalue weighted by Gasteiger charge is 2.33. The number of aryl methyl sites for hydroxylation is 1. The van der Waals surface area contributed by atoms with Crippen LogP contribution in [0.15, 0.2) is 46.2 Å². The lowest BCUT2D eigenvalue weighted by molar-refractivity contribution is -0.122. The fraction of sp³-hybridized carbons (Fsp3) is 0.280. The number of thioether (sulfide) groups is 1. The molecule has 180 valence electrons. The number of anilines is 1. The second-order valence-electron chi connectivity index (χ2n) is 8.17. The first-order valence-electron chi connectivity index (χ1n) is 11.3. The number of carbonyl (C=O) groups is 1. The van der Waals surface area contributed by atoms with E-state index >= 15 is 0 Å². The van der Waals surface area contributed by atoms with Crippen molar-refractivity contribution in [3.05, 3.63) is 68.5 Å². The highest BCUT2D eigenvalue weighted by atomic mass is 32.2. The minimum atomic E-state index is -0.239. The Morgan fingerprint density at radius 2 is 1.94 bits per heavy atom. The minimum absolute atomic E-state index is 0.187. The number of thiocarbonyl (C=S) groups is 1. The molecule has 2 aliphatic heterocycles. The average Bonchev–Trinajstić information content (AvgIpc) is 3.42. The molecule has 3 aromatic rings. The van der Waals surface area contributed by atoms with Crippen LogP contribution in [-0.2, 0) is 11.3 Å². The molecule has 0 radical (unpaired) electrons. The molecule has 1 aromatic carbocycles. The molecule has 1 amide bonds. The number of pyridine rings is 1. The summed E-state index contributed by atoms with van der Waals surface area (Å²) in [6.07, 6.45) is 3.34. The summed E-state index contributed by atoms with van der Waals surface area (Å²) in [7, 11) is 0. The molecule has 2 aromatic heterocycles. The monoisotopic (exact) mass is 508 g/mol. The van der Waals surface area contributed by atoms with Crippen molar-refractivity contribution in [3.63, 3.8) is 0 Å². The summed E-state index contributed by atoms with van der Waals surface area (Å²) in [5.41, 5.74) is 2.53. The molecule has 35 heavy (non-hydrogen) atoms. The van der Waals surface area contributed by atoms with Crippen molar-refractivity contribution in [2.24, 2.45) is 0 Å². The molecule has 4 heterocycles. The Morgan fingerprint density at radius 1 is 1.17 bits per heavy atom. The molecule has 5 rings (SSSR count). The zero-order valence-electron chi connectivity index (χ0n) is 19.6. The molecule has 0 atom stereocenters. The first-order chi connectivity index (χ1) is 16.9. The second kappa shape index (κ2) is 9.35. The molecule has 10 heteroatoms. The summed E-state index contributed by atoms with van der Waals surface area (Å²) < 4.78 is 12.8. The number of rotatable bonds is 6. The molecule has 0 aliphatic carbocycles. The van der Waals surface area contributed by atoms with Gasteiger partial charge in [0.2, 0.25) is 6.79 Å². The largest absolute Gasteiger partial charge is 0.454 e. The van der Waals surface area contributed by atoms with Gasteiger partial charge in [-0.1, -0.05) is 36.1 Å². The lowest BCUT2D eigenvalue weighted by Gasteiger charge is -2.22. The predicted molar refractivity (Wildman–Crippen MR) is 141 cm³/mol. The number of fused-ring (bicyclic) bond motifs is 2. The normalized spacial score (nSPS) is 16.1. The fourth-order valence-corrected chi connectivity index (χ4v) is 5.42. The molecule has 1 saturated heterocycles. The minimum Gasteiger partial charge on any atom is -0.454 e. The van der Waals surface area contributed by atoms with Crippen molar-refractivity contribution in [1.82, 2.24) is 14.3 Å². The Labute approximate surface area is 212 Å². The Bertz CT molecular complexity index is 1450. The molecule has 1 fully saturated rings. The van der Waals surface area contributed by atoms with Crippen molar-refractivity contribution in [1.29, 1.82) is 0 Å². The van der Waals surface area contributed by atoms with Crippen LogP contribution in [0, 0.1) is 6.92 Å². The Hall–Kier alpha value is -3.37. The van der Waals surface area contributed by atoms with Crippen LogP contribution >= 0.6 is 24.0 Å². The molecule has 2 aliphatic rings. The number of nitrogens with zero attached hydrogens (tertiary/aromatic N) is 4. The number of aromatic nitrogens is 2. The van der Waals surface area contributed by atoms with E-state index in [1.54, 1.807) is 12.3 Å². The third kappa shape index (κ3) is 4.17. The summed E-state index contributed by atoms with van der Waals surface area (Å²) in [6.45, 7) is 7.80. The van der Waals surface area contributed by atoms with E-state index in [0.29, 0.717) is 57.4 Å². The average molecular weight is 509 g/mol. The second-order valence-corrected chi connectivity index (χ2v) is 9.84. The maximum absolute atomic E-state index is 13.6. The van der Waals surface area contributed by atoms with Gasteiger partial charge in [0, 0.05) is 19.3 Å². The van der Waals surface area contributed by atoms with E-state index < -0.39 is 0 Å². The Morgan fingerprint density at radius 3 is 2.71 bits per heavy atom. The lowest BCUT2D eigenvalue weighted by Crippen LogP contribution is -2.30. The molecule has 0 unspecified atom stereocenters. The number of hydrogen-bond acceptors (Lipinski definition) is 8. The first kappa shape index (κ1) is 23.4. The summed E-state index contributed by atoms with van der Waals surface area (Å²) in [6, 6.07) is 9.30. The van der Waals surface area contributed by atoms with Crippen LogP contribution in [0.25, 0.3) is 11.7 Å². The third-order valence-corrected chi connectivity index (χ3v) is 7.43. The summed E-state index contributed by atoms with van der Waals surface area (Å²) >= 11 is 6.72. The van der Waals surface area contributed by atoms with Crippen molar-refractivity contribution in [2.75, 3.05) is 24.8 Å². The van der Waals surface area contributed by atoms with Gasteiger partial charge in [0.05, 0.1) is 17.0 Å². The van der Waals surface area contributed by atoms with Gasteiger partial charge in [-0.05, 0) is 56.2 Å². The molecule has 0 bridgehead atoms. The van der Waals surface area contributed by atoms with E-state index in [-0.39, 0.29) is 18.3 Å².